The minimum Gasteiger partial charge on any atom is -0.492 e. The summed E-state index contributed by atoms with van der Waals surface area (Å²) in [5, 5.41) is 9.33. The molecule has 0 atom stereocenters. The van der Waals surface area contributed by atoms with E-state index in [-0.39, 0.29) is 17.4 Å². The number of nitrogens with two attached hydrogens (primary N) is 1. The summed E-state index contributed by atoms with van der Waals surface area (Å²) in [6.45, 7) is 0. The summed E-state index contributed by atoms with van der Waals surface area (Å²) in [6.07, 6.45) is 2.15. The van der Waals surface area contributed by atoms with Crippen LogP contribution in [0.25, 0.3) is 0 Å². The molecule has 1 fully saturated rings. The Hall–Kier alpha value is -1.52. The predicted octanol–water partition coefficient (Wildman–Crippen LogP) is 0.650. The summed E-state index contributed by atoms with van der Waals surface area (Å²) in [7, 11) is 1.47. The van der Waals surface area contributed by atoms with Crippen molar-refractivity contribution in [2.75, 3.05) is 12.8 Å². The van der Waals surface area contributed by atoms with Crippen molar-refractivity contribution in [2.45, 2.75) is 18.8 Å². The molecule has 0 aromatic carbocycles. The molecule has 1 aliphatic rings. The Labute approximate surface area is 75.6 Å². The molecular formula is C8H11N3O2. The minimum atomic E-state index is -0.186. The quantitative estimate of drug-likeness (QED) is 0.700. The van der Waals surface area contributed by atoms with Crippen LogP contribution in [0.3, 0.4) is 0 Å². The standard InChI is InChI=1S/C8H11N3O2/c1-13-8-5(9)7(12)10-6(11-8)4-2-3-4/h4H,2-3,9H2,1H3,(H,10,11,12). The molecule has 1 heterocycles. The van der Waals surface area contributed by atoms with Crippen LogP contribution in [0, 0.1) is 0 Å². The monoisotopic (exact) mass is 181 g/mol. The third-order valence-corrected chi connectivity index (χ3v) is 2.04. The average Bonchev–Trinajstić information content (AvgIpc) is 2.92. The van der Waals surface area contributed by atoms with E-state index in [1.54, 1.807) is 0 Å². The number of hydrogen-bond donors (Lipinski definition) is 2. The average molecular weight is 181 g/mol. The van der Waals surface area contributed by atoms with E-state index < -0.39 is 0 Å². The van der Waals surface area contributed by atoms with Gasteiger partial charge in [0.2, 0.25) is 11.8 Å². The molecule has 13 heavy (non-hydrogen) atoms. The first-order valence-corrected chi connectivity index (χ1v) is 4.12. The molecule has 70 valence electrons. The Morgan fingerprint density at radius 1 is 1.46 bits per heavy atom. The molecule has 1 saturated carbocycles. The van der Waals surface area contributed by atoms with Crippen molar-refractivity contribution in [2.24, 2.45) is 0 Å². The molecule has 0 aliphatic heterocycles. The van der Waals surface area contributed by atoms with E-state index in [0.29, 0.717) is 11.7 Å². The molecule has 3 N–H and O–H groups in total. The SMILES string of the molecule is COc1nc(C2CC2)nc(O)c1N. The lowest BCUT2D eigenvalue weighted by Gasteiger charge is -2.06. The van der Waals surface area contributed by atoms with Gasteiger partial charge in [0.05, 0.1) is 7.11 Å². The third kappa shape index (κ3) is 1.37. The fourth-order valence-corrected chi connectivity index (χ4v) is 1.13. The van der Waals surface area contributed by atoms with Crippen LogP contribution in [-0.4, -0.2) is 22.2 Å². The number of methoxy groups -OCH3 is 1. The number of anilines is 1. The molecule has 1 aromatic rings. The van der Waals surface area contributed by atoms with Crippen molar-refractivity contribution in [3.63, 3.8) is 0 Å². The Bertz CT molecular complexity index is 336. The molecule has 0 radical (unpaired) electrons. The first-order valence-electron chi connectivity index (χ1n) is 4.12. The van der Waals surface area contributed by atoms with Gasteiger partial charge in [-0.15, -0.1) is 0 Å². The van der Waals surface area contributed by atoms with Crippen molar-refractivity contribution in [1.82, 2.24) is 9.97 Å². The normalized spacial score (nSPS) is 15.8. The van der Waals surface area contributed by atoms with Gasteiger partial charge in [0.1, 0.15) is 5.82 Å². The van der Waals surface area contributed by atoms with Gasteiger partial charge in [-0.2, -0.15) is 9.97 Å². The maximum absolute atomic E-state index is 9.33. The number of rotatable bonds is 2. The fraction of sp³-hybridized carbons (Fsp3) is 0.500. The molecule has 0 amide bonds. The van der Waals surface area contributed by atoms with Crippen LogP contribution in [-0.2, 0) is 0 Å². The predicted molar refractivity (Wildman–Crippen MR) is 46.6 cm³/mol. The van der Waals surface area contributed by atoms with Crippen molar-refractivity contribution in [3.8, 4) is 11.8 Å². The van der Waals surface area contributed by atoms with E-state index in [9.17, 15) is 5.11 Å². The van der Waals surface area contributed by atoms with Crippen LogP contribution in [0.4, 0.5) is 5.69 Å². The Morgan fingerprint density at radius 2 is 2.15 bits per heavy atom. The van der Waals surface area contributed by atoms with E-state index in [1.807, 2.05) is 0 Å². The van der Waals surface area contributed by atoms with E-state index in [1.165, 1.54) is 7.11 Å². The second-order valence-electron chi connectivity index (χ2n) is 3.10. The Kier molecular flexibility index (Phi) is 1.72. The van der Waals surface area contributed by atoms with Crippen LogP contribution in [0.2, 0.25) is 0 Å². The van der Waals surface area contributed by atoms with Crippen LogP contribution in [0.1, 0.15) is 24.6 Å². The molecule has 1 aromatic heterocycles. The lowest BCUT2D eigenvalue weighted by molar-refractivity contribution is 0.386. The Morgan fingerprint density at radius 3 is 2.69 bits per heavy atom. The van der Waals surface area contributed by atoms with Gasteiger partial charge in [-0.1, -0.05) is 0 Å². The van der Waals surface area contributed by atoms with Crippen LogP contribution >= 0.6 is 0 Å². The molecule has 1 aliphatic carbocycles. The molecular weight excluding hydrogens is 170 g/mol. The summed E-state index contributed by atoms with van der Waals surface area (Å²) in [4.78, 5) is 7.98. The highest BCUT2D eigenvalue weighted by Gasteiger charge is 2.28. The van der Waals surface area contributed by atoms with E-state index in [0.717, 1.165) is 12.8 Å². The van der Waals surface area contributed by atoms with Gasteiger partial charge in [-0.05, 0) is 12.8 Å². The van der Waals surface area contributed by atoms with Crippen molar-refractivity contribution >= 4 is 5.69 Å². The molecule has 0 saturated heterocycles. The van der Waals surface area contributed by atoms with Crippen LogP contribution < -0.4 is 10.5 Å². The zero-order valence-electron chi connectivity index (χ0n) is 7.32. The molecule has 0 unspecified atom stereocenters. The van der Waals surface area contributed by atoms with Gasteiger partial charge in [0.25, 0.3) is 0 Å². The number of hydrogen-bond acceptors (Lipinski definition) is 5. The van der Waals surface area contributed by atoms with Crippen molar-refractivity contribution < 1.29 is 9.84 Å². The number of aromatic hydroxyl groups is 1. The highest BCUT2D eigenvalue weighted by atomic mass is 16.5. The number of aromatic nitrogens is 2. The van der Waals surface area contributed by atoms with Crippen molar-refractivity contribution in [3.05, 3.63) is 5.82 Å². The lowest BCUT2D eigenvalue weighted by Crippen LogP contribution is -2.01. The highest BCUT2D eigenvalue weighted by Crippen LogP contribution is 2.40. The fourth-order valence-electron chi connectivity index (χ4n) is 1.13. The first kappa shape index (κ1) is 8.10. The second-order valence-corrected chi connectivity index (χ2v) is 3.10. The molecule has 2 rings (SSSR count). The largest absolute Gasteiger partial charge is 0.492 e. The van der Waals surface area contributed by atoms with E-state index >= 15 is 0 Å². The summed E-state index contributed by atoms with van der Waals surface area (Å²) < 4.78 is 4.91. The number of nitrogens with zero attached hydrogens (tertiary/aromatic N) is 2. The van der Waals surface area contributed by atoms with Gasteiger partial charge in [0.15, 0.2) is 5.69 Å². The van der Waals surface area contributed by atoms with Crippen molar-refractivity contribution in [1.29, 1.82) is 0 Å². The summed E-state index contributed by atoms with van der Waals surface area (Å²) in [5.74, 6) is 1.08. The van der Waals surface area contributed by atoms with Gasteiger partial charge >= 0.3 is 0 Å². The summed E-state index contributed by atoms with van der Waals surface area (Å²) >= 11 is 0. The maximum atomic E-state index is 9.33. The van der Waals surface area contributed by atoms with Gasteiger partial charge in [0, 0.05) is 5.92 Å². The third-order valence-electron chi connectivity index (χ3n) is 2.04. The van der Waals surface area contributed by atoms with Gasteiger partial charge in [-0.3, -0.25) is 0 Å². The molecule has 5 heteroatoms. The summed E-state index contributed by atoms with van der Waals surface area (Å²) in [6, 6.07) is 0. The van der Waals surface area contributed by atoms with Gasteiger partial charge in [-0.25, -0.2) is 0 Å². The van der Waals surface area contributed by atoms with Gasteiger partial charge < -0.3 is 15.6 Å². The smallest absolute Gasteiger partial charge is 0.244 e. The maximum Gasteiger partial charge on any atom is 0.244 e. The summed E-state index contributed by atoms with van der Waals surface area (Å²) in [5.41, 5.74) is 5.59. The molecule has 5 nitrogen and oxygen atoms in total. The van der Waals surface area contributed by atoms with Crippen LogP contribution in [0.5, 0.6) is 11.8 Å². The zero-order chi connectivity index (χ0) is 9.42. The number of ether oxygens (including phenoxy) is 1. The second kappa shape index (κ2) is 2.76. The first-order chi connectivity index (χ1) is 6.22. The number of nitrogen functional groups attached to an aromatic ring is 1. The minimum absolute atomic E-state index is 0.104. The van der Waals surface area contributed by atoms with Crippen LogP contribution in [0.15, 0.2) is 0 Å². The topological polar surface area (TPSA) is 81.3 Å². The lowest BCUT2D eigenvalue weighted by atomic mass is 10.3. The Balaban J connectivity index is 2.43. The van der Waals surface area contributed by atoms with E-state index in [4.69, 9.17) is 10.5 Å². The van der Waals surface area contributed by atoms with E-state index in [2.05, 4.69) is 9.97 Å². The zero-order valence-corrected chi connectivity index (χ0v) is 7.32. The molecule has 0 bridgehead atoms. The molecule has 0 spiro atoms. The highest BCUT2D eigenvalue weighted by molar-refractivity contribution is 5.55.